The van der Waals surface area contributed by atoms with Crippen LogP contribution in [0.15, 0.2) is 24.3 Å². The number of hydrogen-bond acceptors (Lipinski definition) is 6. The van der Waals surface area contributed by atoms with Crippen molar-refractivity contribution in [2.24, 2.45) is 0 Å². The number of carboxylic acids is 1. The fraction of sp³-hybridized carbons (Fsp3) is 0.522. The first-order valence-electron chi connectivity index (χ1n) is 10.9. The molecule has 176 valence electrons. The van der Waals surface area contributed by atoms with Crippen LogP contribution in [0.25, 0.3) is 0 Å². The molecule has 1 aromatic carbocycles. The number of rotatable bonds is 4. The molecular formula is C23H28N4O6. The number of ether oxygens (including phenoxy) is 1. The van der Waals surface area contributed by atoms with E-state index in [0.717, 1.165) is 4.90 Å². The zero-order valence-electron chi connectivity index (χ0n) is 19.0. The Labute approximate surface area is 192 Å². The number of hydrogen-bond donors (Lipinski definition) is 2. The van der Waals surface area contributed by atoms with Crippen LogP contribution < -0.4 is 5.32 Å². The molecule has 10 nitrogen and oxygen atoms in total. The third kappa shape index (κ3) is 4.77. The van der Waals surface area contributed by atoms with Crippen LogP contribution in [0.1, 0.15) is 56.8 Å². The highest BCUT2D eigenvalue weighted by Crippen LogP contribution is 2.36. The van der Waals surface area contributed by atoms with E-state index >= 15 is 0 Å². The van der Waals surface area contributed by atoms with Crippen molar-refractivity contribution >= 4 is 29.6 Å². The molecule has 2 atom stereocenters. The molecule has 3 amide bonds. The van der Waals surface area contributed by atoms with E-state index in [2.05, 4.69) is 11.4 Å². The summed E-state index contributed by atoms with van der Waals surface area (Å²) in [6, 6.07) is 6.94. The predicted molar refractivity (Wildman–Crippen MR) is 117 cm³/mol. The smallest absolute Gasteiger partial charge is 0.411 e. The maximum Gasteiger partial charge on any atom is 0.411 e. The molecule has 2 aliphatic rings. The standard InChI is InChI=1S/C23H28N4O6/c1-22(2,3)33-21(32)27-13-5-11-23(27,20(31)26-12-4-6-17(26)14-24)19(30)25-16-9-7-15(8-10-16)18(28)29/h7-10,17H,4-6,11-13H2,1-3H3,(H,25,30)(H,28,29)/t17-,23-/m0/s1. The van der Waals surface area contributed by atoms with Gasteiger partial charge < -0.3 is 20.1 Å². The molecule has 0 bridgehead atoms. The number of aromatic carboxylic acids is 1. The summed E-state index contributed by atoms with van der Waals surface area (Å²) >= 11 is 0. The third-order valence-corrected chi connectivity index (χ3v) is 5.78. The Morgan fingerprint density at radius 1 is 1.15 bits per heavy atom. The molecule has 0 unspecified atom stereocenters. The van der Waals surface area contributed by atoms with Gasteiger partial charge in [0, 0.05) is 18.8 Å². The second-order valence-electron chi connectivity index (χ2n) is 9.22. The lowest BCUT2D eigenvalue weighted by atomic mass is 9.92. The SMILES string of the molecule is CC(C)(C)OC(=O)N1CCC[C@]1(C(=O)Nc1ccc(C(=O)O)cc1)C(=O)N1CCC[C@H]1C#N. The van der Waals surface area contributed by atoms with Crippen molar-refractivity contribution in [2.45, 2.75) is 63.6 Å². The first-order chi connectivity index (χ1) is 15.5. The molecular weight excluding hydrogens is 428 g/mol. The number of anilines is 1. The number of carboxylic acid groups (broad SMARTS) is 1. The average Bonchev–Trinajstić information content (AvgIpc) is 3.40. The Balaban J connectivity index is 1.98. The molecule has 0 radical (unpaired) electrons. The van der Waals surface area contributed by atoms with Gasteiger partial charge >= 0.3 is 12.1 Å². The molecule has 10 heteroatoms. The van der Waals surface area contributed by atoms with Crippen LogP contribution >= 0.6 is 0 Å². The fourth-order valence-corrected chi connectivity index (χ4v) is 4.25. The van der Waals surface area contributed by atoms with Gasteiger partial charge in [0.1, 0.15) is 11.6 Å². The number of nitrogens with one attached hydrogen (secondary N) is 1. The van der Waals surface area contributed by atoms with Gasteiger partial charge in [-0.2, -0.15) is 5.26 Å². The second-order valence-corrected chi connectivity index (χ2v) is 9.22. The number of benzene rings is 1. The summed E-state index contributed by atoms with van der Waals surface area (Å²) in [6.45, 7) is 5.56. The highest BCUT2D eigenvalue weighted by molar-refractivity contribution is 6.16. The lowest BCUT2D eigenvalue weighted by molar-refractivity contribution is -0.149. The van der Waals surface area contributed by atoms with Crippen LogP contribution in [0.5, 0.6) is 0 Å². The van der Waals surface area contributed by atoms with Crippen LogP contribution in [0.2, 0.25) is 0 Å². The van der Waals surface area contributed by atoms with E-state index in [1.165, 1.54) is 29.2 Å². The quantitative estimate of drug-likeness (QED) is 0.664. The number of likely N-dealkylation sites (tertiary alicyclic amines) is 2. The van der Waals surface area contributed by atoms with Gasteiger partial charge in [-0.1, -0.05) is 0 Å². The minimum atomic E-state index is -1.87. The van der Waals surface area contributed by atoms with Gasteiger partial charge in [0.05, 0.1) is 11.6 Å². The summed E-state index contributed by atoms with van der Waals surface area (Å²) in [5, 5.41) is 21.2. The van der Waals surface area contributed by atoms with Crippen LogP contribution in [0, 0.1) is 11.3 Å². The molecule has 1 aromatic rings. The molecule has 0 aromatic heterocycles. The van der Waals surface area contributed by atoms with Gasteiger partial charge in [-0.05, 0) is 70.7 Å². The largest absolute Gasteiger partial charge is 0.478 e. The molecule has 3 rings (SSSR count). The zero-order valence-corrected chi connectivity index (χ0v) is 19.0. The van der Waals surface area contributed by atoms with Crippen molar-refractivity contribution < 1.29 is 29.0 Å². The van der Waals surface area contributed by atoms with Crippen molar-refractivity contribution in [1.82, 2.24) is 9.80 Å². The Bertz CT molecular complexity index is 994. The summed E-state index contributed by atoms with van der Waals surface area (Å²) in [4.78, 5) is 54.1. The molecule has 2 heterocycles. The van der Waals surface area contributed by atoms with Gasteiger partial charge in [0.25, 0.3) is 11.8 Å². The van der Waals surface area contributed by atoms with E-state index in [-0.39, 0.29) is 24.2 Å². The van der Waals surface area contributed by atoms with Crippen LogP contribution in [0.4, 0.5) is 10.5 Å². The van der Waals surface area contributed by atoms with E-state index in [0.29, 0.717) is 25.8 Å². The number of nitrogens with zero attached hydrogens (tertiary/aromatic N) is 3. The number of amides is 3. The van der Waals surface area contributed by atoms with Crippen molar-refractivity contribution in [3.05, 3.63) is 29.8 Å². The highest BCUT2D eigenvalue weighted by Gasteiger charge is 2.59. The minimum Gasteiger partial charge on any atom is -0.478 e. The van der Waals surface area contributed by atoms with Gasteiger partial charge in [-0.25, -0.2) is 9.59 Å². The lowest BCUT2D eigenvalue weighted by Gasteiger charge is -2.39. The van der Waals surface area contributed by atoms with Gasteiger partial charge in [-0.15, -0.1) is 0 Å². The molecule has 2 aliphatic heterocycles. The molecule has 2 fully saturated rings. The summed E-state index contributed by atoms with van der Waals surface area (Å²) in [5.41, 5.74) is -2.37. The van der Waals surface area contributed by atoms with Crippen molar-refractivity contribution in [3.8, 4) is 6.07 Å². The molecule has 2 N–H and O–H groups in total. The van der Waals surface area contributed by atoms with Crippen LogP contribution in [0.3, 0.4) is 0 Å². The maximum atomic E-state index is 13.8. The zero-order chi connectivity index (χ0) is 24.4. The monoisotopic (exact) mass is 456 g/mol. The van der Waals surface area contributed by atoms with E-state index in [1.54, 1.807) is 20.8 Å². The maximum absolute atomic E-state index is 13.8. The number of carbonyl (C=O) groups is 4. The Hall–Kier alpha value is -3.61. The van der Waals surface area contributed by atoms with Crippen molar-refractivity contribution in [2.75, 3.05) is 18.4 Å². The molecule has 2 saturated heterocycles. The highest BCUT2D eigenvalue weighted by atomic mass is 16.6. The fourth-order valence-electron chi connectivity index (χ4n) is 4.25. The van der Waals surface area contributed by atoms with E-state index in [9.17, 15) is 24.4 Å². The van der Waals surface area contributed by atoms with Crippen LogP contribution in [-0.2, 0) is 14.3 Å². The van der Waals surface area contributed by atoms with E-state index < -0.39 is 41.1 Å². The molecule has 0 saturated carbocycles. The number of nitriles is 1. The van der Waals surface area contributed by atoms with Crippen LogP contribution in [-0.4, -0.2) is 69.1 Å². The van der Waals surface area contributed by atoms with Crippen molar-refractivity contribution in [3.63, 3.8) is 0 Å². The van der Waals surface area contributed by atoms with Gasteiger partial charge in [0.15, 0.2) is 0 Å². The lowest BCUT2D eigenvalue weighted by Crippen LogP contribution is -2.65. The molecule has 0 spiro atoms. The first-order valence-corrected chi connectivity index (χ1v) is 10.9. The summed E-state index contributed by atoms with van der Waals surface area (Å²) in [5.74, 6) is -2.43. The normalized spacial score (nSPS) is 22.5. The predicted octanol–water partition coefficient (Wildman–Crippen LogP) is 2.61. The summed E-state index contributed by atoms with van der Waals surface area (Å²) in [6.07, 6.45) is 0.839. The van der Waals surface area contributed by atoms with E-state index in [4.69, 9.17) is 9.84 Å². The van der Waals surface area contributed by atoms with E-state index in [1.807, 2.05) is 0 Å². The molecule has 0 aliphatic carbocycles. The number of carbonyl (C=O) groups excluding carboxylic acids is 3. The van der Waals surface area contributed by atoms with Crippen molar-refractivity contribution in [1.29, 1.82) is 5.26 Å². The second kappa shape index (κ2) is 9.10. The topological polar surface area (TPSA) is 140 Å². The van der Waals surface area contributed by atoms with Gasteiger partial charge in [0.2, 0.25) is 5.54 Å². The molecule has 33 heavy (non-hydrogen) atoms. The first kappa shape index (κ1) is 24.0. The summed E-state index contributed by atoms with van der Waals surface area (Å²) < 4.78 is 5.49. The summed E-state index contributed by atoms with van der Waals surface area (Å²) in [7, 11) is 0. The van der Waals surface area contributed by atoms with Gasteiger partial charge in [-0.3, -0.25) is 14.5 Å². The third-order valence-electron chi connectivity index (χ3n) is 5.78. The Kier molecular flexibility index (Phi) is 6.63. The average molecular weight is 456 g/mol. The Morgan fingerprint density at radius 3 is 2.39 bits per heavy atom. The minimum absolute atomic E-state index is 0.0453. The Morgan fingerprint density at radius 2 is 1.82 bits per heavy atom.